The second-order valence-corrected chi connectivity index (χ2v) is 8.56. The van der Waals surface area contributed by atoms with Crippen molar-refractivity contribution in [3.63, 3.8) is 0 Å². The van der Waals surface area contributed by atoms with E-state index in [1.54, 1.807) is 0 Å². The molecule has 0 aromatic heterocycles. The van der Waals surface area contributed by atoms with Gasteiger partial charge in [-0.3, -0.25) is 0 Å². The Morgan fingerprint density at radius 3 is 2.83 bits per heavy atom. The number of hydrogen-bond acceptors (Lipinski definition) is 2. The molecule has 0 heterocycles. The van der Waals surface area contributed by atoms with Gasteiger partial charge in [-0.25, -0.2) is 0 Å². The highest BCUT2D eigenvalue weighted by molar-refractivity contribution is 5.40. The first-order valence-corrected chi connectivity index (χ1v) is 9.54. The van der Waals surface area contributed by atoms with Gasteiger partial charge in [-0.05, 0) is 84.5 Å². The van der Waals surface area contributed by atoms with Crippen LogP contribution in [0.3, 0.4) is 0 Å². The molecule has 4 rings (SSSR count). The van der Waals surface area contributed by atoms with E-state index < -0.39 is 0 Å². The molecule has 1 aromatic rings. The van der Waals surface area contributed by atoms with Crippen molar-refractivity contribution in [2.24, 2.45) is 23.2 Å². The summed E-state index contributed by atoms with van der Waals surface area (Å²) in [7, 11) is 0. The van der Waals surface area contributed by atoms with Crippen molar-refractivity contribution >= 4 is 0 Å². The third-order valence-electron chi connectivity index (χ3n) is 7.49. The van der Waals surface area contributed by atoms with Gasteiger partial charge in [-0.2, -0.15) is 0 Å². The second-order valence-electron chi connectivity index (χ2n) is 8.56. The Labute approximate surface area is 139 Å². The third-order valence-corrected chi connectivity index (χ3v) is 7.49. The van der Waals surface area contributed by atoms with Crippen LogP contribution in [0.15, 0.2) is 18.2 Å². The van der Waals surface area contributed by atoms with Crippen LogP contribution in [0.25, 0.3) is 0 Å². The molecule has 0 unspecified atom stereocenters. The number of aliphatic hydroxyl groups excluding tert-OH is 1. The molecule has 0 spiro atoms. The number of phenolic OH excluding ortho intramolecular Hbond substituents is 1. The van der Waals surface area contributed by atoms with Gasteiger partial charge in [0.2, 0.25) is 0 Å². The normalized spacial score (nSPS) is 42.0. The molecule has 3 aliphatic carbocycles. The van der Waals surface area contributed by atoms with E-state index in [0.717, 1.165) is 25.2 Å². The minimum Gasteiger partial charge on any atom is -0.508 e. The van der Waals surface area contributed by atoms with Crippen molar-refractivity contribution in [3.05, 3.63) is 29.3 Å². The largest absolute Gasteiger partial charge is 0.508 e. The molecule has 2 saturated carbocycles. The minimum atomic E-state index is -0.100. The van der Waals surface area contributed by atoms with Crippen molar-refractivity contribution in [2.45, 2.75) is 70.8 Å². The zero-order valence-electron chi connectivity index (χ0n) is 14.5. The highest BCUT2D eigenvalue weighted by Gasteiger charge is 2.56. The molecular weight excluding hydrogens is 284 g/mol. The smallest absolute Gasteiger partial charge is 0.115 e. The van der Waals surface area contributed by atoms with Crippen molar-refractivity contribution in [1.82, 2.24) is 0 Å². The van der Waals surface area contributed by atoms with Gasteiger partial charge >= 0.3 is 0 Å². The predicted molar refractivity (Wildman–Crippen MR) is 92.5 cm³/mol. The van der Waals surface area contributed by atoms with Crippen LogP contribution in [-0.2, 0) is 6.42 Å². The van der Waals surface area contributed by atoms with Crippen LogP contribution in [0.2, 0.25) is 0 Å². The summed E-state index contributed by atoms with van der Waals surface area (Å²) in [5.41, 5.74) is 3.01. The standard InChI is InChI=1S/C21H30O2/c1-3-4-13-11-14-12-15(22)5-6-16(14)17-9-10-21(2)18(20(13)17)7-8-19(21)23/h5-6,12-13,17-20,22-23H,3-4,7-11H2,1-2H3/t13-,17-,18+,19+,20-,21+/m1/s1. The average molecular weight is 314 g/mol. The molecule has 0 aliphatic heterocycles. The Kier molecular flexibility index (Phi) is 3.72. The molecule has 2 fully saturated rings. The first-order chi connectivity index (χ1) is 11.0. The maximum absolute atomic E-state index is 10.6. The highest BCUT2D eigenvalue weighted by Crippen LogP contribution is 2.62. The Morgan fingerprint density at radius 1 is 1.22 bits per heavy atom. The third kappa shape index (κ3) is 2.25. The Bertz CT molecular complexity index is 596. The van der Waals surface area contributed by atoms with Gasteiger partial charge < -0.3 is 10.2 Å². The lowest BCUT2D eigenvalue weighted by Gasteiger charge is -2.53. The van der Waals surface area contributed by atoms with E-state index in [1.807, 2.05) is 12.1 Å². The molecule has 0 bridgehead atoms. The summed E-state index contributed by atoms with van der Waals surface area (Å²) in [6.45, 7) is 4.64. The lowest BCUT2D eigenvalue weighted by molar-refractivity contribution is -0.0394. The quantitative estimate of drug-likeness (QED) is 0.835. The van der Waals surface area contributed by atoms with E-state index in [9.17, 15) is 10.2 Å². The van der Waals surface area contributed by atoms with Crippen molar-refractivity contribution in [2.75, 3.05) is 0 Å². The fourth-order valence-electron chi connectivity index (χ4n) is 6.40. The number of benzene rings is 1. The van der Waals surface area contributed by atoms with Gasteiger partial charge in [0.25, 0.3) is 0 Å². The Hall–Kier alpha value is -1.02. The van der Waals surface area contributed by atoms with E-state index in [4.69, 9.17) is 0 Å². The first-order valence-electron chi connectivity index (χ1n) is 9.54. The summed E-state index contributed by atoms with van der Waals surface area (Å²) in [6, 6.07) is 6.05. The lowest BCUT2D eigenvalue weighted by atomic mass is 9.52. The van der Waals surface area contributed by atoms with Crippen LogP contribution in [-0.4, -0.2) is 16.3 Å². The molecule has 1 aromatic carbocycles. The molecule has 0 saturated heterocycles. The Morgan fingerprint density at radius 2 is 2.04 bits per heavy atom. The predicted octanol–water partition coefficient (Wildman–Crippen LogP) is 4.64. The number of hydrogen-bond donors (Lipinski definition) is 2. The SMILES string of the molecule is CCC[C@@H]1Cc2cc(O)ccc2[C@H]2CC[C@]3(C)[C@@H](O)CC[C@H]3[C@H]12. The summed E-state index contributed by atoms with van der Waals surface area (Å²) in [5.74, 6) is 3.17. The van der Waals surface area contributed by atoms with Gasteiger partial charge in [0, 0.05) is 0 Å². The zero-order chi connectivity index (χ0) is 16.2. The number of fused-ring (bicyclic) bond motifs is 5. The van der Waals surface area contributed by atoms with Gasteiger partial charge in [0.05, 0.1) is 6.10 Å². The summed E-state index contributed by atoms with van der Waals surface area (Å²) in [4.78, 5) is 0. The van der Waals surface area contributed by atoms with E-state index in [-0.39, 0.29) is 11.5 Å². The molecule has 2 nitrogen and oxygen atoms in total. The molecule has 2 heteroatoms. The maximum atomic E-state index is 10.6. The van der Waals surface area contributed by atoms with Crippen molar-refractivity contribution in [3.8, 4) is 5.75 Å². The van der Waals surface area contributed by atoms with Crippen LogP contribution >= 0.6 is 0 Å². The molecule has 3 aliphatic rings. The van der Waals surface area contributed by atoms with Crippen LogP contribution < -0.4 is 0 Å². The van der Waals surface area contributed by atoms with Gasteiger partial charge in [0.15, 0.2) is 0 Å². The topological polar surface area (TPSA) is 40.5 Å². The molecule has 0 radical (unpaired) electrons. The monoisotopic (exact) mass is 314 g/mol. The summed E-state index contributed by atoms with van der Waals surface area (Å²) in [5, 5.41) is 20.5. The van der Waals surface area contributed by atoms with Crippen LogP contribution in [0.5, 0.6) is 5.75 Å². The van der Waals surface area contributed by atoms with E-state index >= 15 is 0 Å². The fraction of sp³-hybridized carbons (Fsp3) is 0.714. The number of phenols is 1. The second kappa shape index (κ2) is 5.51. The molecular formula is C21H30O2. The Balaban J connectivity index is 1.76. The summed E-state index contributed by atoms with van der Waals surface area (Å²) < 4.78 is 0. The number of aromatic hydroxyl groups is 1. The molecule has 126 valence electrons. The van der Waals surface area contributed by atoms with Gasteiger partial charge in [-0.1, -0.05) is 32.8 Å². The van der Waals surface area contributed by atoms with Crippen LogP contribution in [0.1, 0.15) is 69.4 Å². The number of rotatable bonds is 2. The molecule has 0 amide bonds. The number of aliphatic hydroxyl groups is 1. The van der Waals surface area contributed by atoms with E-state index in [1.165, 1.54) is 36.8 Å². The maximum Gasteiger partial charge on any atom is 0.115 e. The summed E-state index contributed by atoms with van der Waals surface area (Å²) >= 11 is 0. The van der Waals surface area contributed by atoms with Gasteiger partial charge in [0.1, 0.15) is 5.75 Å². The molecule has 2 N–H and O–H groups in total. The van der Waals surface area contributed by atoms with Crippen LogP contribution in [0.4, 0.5) is 0 Å². The van der Waals surface area contributed by atoms with Crippen molar-refractivity contribution in [1.29, 1.82) is 0 Å². The van der Waals surface area contributed by atoms with Gasteiger partial charge in [-0.15, -0.1) is 0 Å². The first kappa shape index (κ1) is 15.5. The average Bonchev–Trinajstić information content (AvgIpc) is 2.83. The van der Waals surface area contributed by atoms with E-state index in [0.29, 0.717) is 23.5 Å². The summed E-state index contributed by atoms with van der Waals surface area (Å²) in [6.07, 6.45) is 8.07. The molecule has 6 atom stereocenters. The molecule has 23 heavy (non-hydrogen) atoms. The minimum absolute atomic E-state index is 0.100. The van der Waals surface area contributed by atoms with E-state index in [2.05, 4.69) is 19.9 Å². The lowest BCUT2D eigenvalue weighted by Crippen LogP contribution is -2.47. The highest BCUT2D eigenvalue weighted by atomic mass is 16.3. The van der Waals surface area contributed by atoms with Crippen LogP contribution in [0, 0.1) is 23.2 Å². The fourth-order valence-corrected chi connectivity index (χ4v) is 6.40. The zero-order valence-corrected chi connectivity index (χ0v) is 14.5. The van der Waals surface area contributed by atoms with Crippen molar-refractivity contribution < 1.29 is 10.2 Å².